The summed E-state index contributed by atoms with van der Waals surface area (Å²) < 4.78 is 0. The average Bonchev–Trinajstić information content (AvgIpc) is 3.18. The first-order valence-corrected chi connectivity index (χ1v) is 7.28. The number of piperidine rings is 1. The van der Waals surface area contributed by atoms with Gasteiger partial charge >= 0.3 is 0 Å². The van der Waals surface area contributed by atoms with Gasteiger partial charge in [-0.15, -0.1) is 0 Å². The predicted molar refractivity (Wildman–Crippen MR) is 67.4 cm³/mol. The van der Waals surface area contributed by atoms with Crippen LogP contribution in [0.1, 0.15) is 51.4 Å². The van der Waals surface area contributed by atoms with E-state index in [0.717, 1.165) is 25.3 Å². The fourth-order valence-corrected chi connectivity index (χ4v) is 3.84. The molecular formula is C14H24N2O. The largest absolute Gasteiger partial charge is 0.339 e. The number of nitrogens with two attached hydrogens (primary N) is 1. The molecule has 2 aliphatic carbocycles. The number of hydrogen-bond donors (Lipinski definition) is 1. The van der Waals surface area contributed by atoms with Crippen LogP contribution in [0.2, 0.25) is 0 Å². The molecule has 0 aromatic rings. The highest BCUT2D eigenvalue weighted by Crippen LogP contribution is 2.48. The standard InChI is InChI=1S/C14H24N2O/c15-10-14(7-8-14)13(17)16-9-3-5-11-4-1-2-6-12(11)16/h11-12H,1-10,15H2. The van der Waals surface area contributed by atoms with Crippen molar-refractivity contribution in [1.29, 1.82) is 0 Å². The first kappa shape index (κ1) is 11.5. The summed E-state index contributed by atoms with van der Waals surface area (Å²) in [5.41, 5.74) is 5.66. The fourth-order valence-electron chi connectivity index (χ4n) is 3.84. The Kier molecular flexibility index (Phi) is 2.89. The van der Waals surface area contributed by atoms with Crippen LogP contribution in [0.25, 0.3) is 0 Å². The summed E-state index contributed by atoms with van der Waals surface area (Å²) in [6, 6.07) is 0.550. The van der Waals surface area contributed by atoms with E-state index in [0.29, 0.717) is 18.5 Å². The Morgan fingerprint density at radius 3 is 2.59 bits per heavy atom. The Morgan fingerprint density at radius 2 is 1.88 bits per heavy atom. The zero-order valence-electron chi connectivity index (χ0n) is 10.7. The second-order valence-electron chi connectivity index (χ2n) is 6.24. The highest BCUT2D eigenvalue weighted by molar-refractivity contribution is 5.86. The van der Waals surface area contributed by atoms with Crippen LogP contribution in [-0.4, -0.2) is 29.9 Å². The van der Waals surface area contributed by atoms with Gasteiger partial charge in [-0.2, -0.15) is 0 Å². The van der Waals surface area contributed by atoms with Gasteiger partial charge in [0.05, 0.1) is 5.41 Å². The molecule has 2 saturated carbocycles. The topological polar surface area (TPSA) is 46.3 Å². The van der Waals surface area contributed by atoms with Gasteiger partial charge in [0.25, 0.3) is 0 Å². The monoisotopic (exact) mass is 236 g/mol. The van der Waals surface area contributed by atoms with Gasteiger partial charge in [0.15, 0.2) is 0 Å². The van der Waals surface area contributed by atoms with Crippen molar-refractivity contribution in [3.05, 3.63) is 0 Å². The van der Waals surface area contributed by atoms with E-state index in [-0.39, 0.29) is 5.41 Å². The number of rotatable bonds is 2. The quantitative estimate of drug-likeness (QED) is 0.796. The van der Waals surface area contributed by atoms with E-state index < -0.39 is 0 Å². The Balaban J connectivity index is 1.75. The van der Waals surface area contributed by atoms with E-state index in [1.807, 2.05) is 0 Å². The Labute approximate surface area is 104 Å². The molecule has 1 amide bonds. The molecule has 3 aliphatic rings. The molecule has 1 heterocycles. The minimum absolute atomic E-state index is 0.140. The molecule has 3 nitrogen and oxygen atoms in total. The minimum atomic E-state index is -0.140. The minimum Gasteiger partial charge on any atom is -0.339 e. The van der Waals surface area contributed by atoms with Crippen molar-refractivity contribution in [1.82, 2.24) is 4.90 Å². The van der Waals surface area contributed by atoms with E-state index in [4.69, 9.17) is 5.73 Å². The number of amides is 1. The van der Waals surface area contributed by atoms with Crippen LogP contribution in [-0.2, 0) is 4.79 Å². The van der Waals surface area contributed by atoms with Crippen molar-refractivity contribution in [2.75, 3.05) is 13.1 Å². The van der Waals surface area contributed by atoms with Crippen molar-refractivity contribution in [2.45, 2.75) is 57.4 Å². The van der Waals surface area contributed by atoms with E-state index in [1.54, 1.807) is 0 Å². The number of hydrogen-bond acceptors (Lipinski definition) is 2. The SMILES string of the molecule is NCC1(C(=O)N2CCCC3CCCCC32)CC1. The van der Waals surface area contributed by atoms with E-state index in [2.05, 4.69) is 4.90 Å². The third-order valence-corrected chi connectivity index (χ3v) is 5.20. The molecule has 1 saturated heterocycles. The Bertz CT molecular complexity index is 309. The molecule has 0 radical (unpaired) electrons. The van der Waals surface area contributed by atoms with Gasteiger partial charge < -0.3 is 10.6 Å². The Hall–Kier alpha value is -0.570. The van der Waals surface area contributed by atoms with Crippen molar-refractivity contribution in [2.24, 2.45) is 17.1 Å². The lowest BCUT2D eigenvalue weighted by Crippen LogP contribution is -2.53. The second kappa shape index (κ2) is 4.27. The molecule has 0 aromatic carbocycles. The Morgan fingerprint density at radius 1 is 1.18 bits per heavy atom. The lowest BCUT2D eigenvalue weighted by atomic mass is 9.78. The number of nitrogens with zero attached hydrogens (tertiary/aromatic N) is 1. The van der Waals surface area contributed by atoms with Crippen molar-refractivity contribution < 1.29 is 4.79 Å². The van der Waals surface area contributed by atoms with Crippen LogP contribution in [0.15, 0.2) is 0 Å². The molecule has 2 atom stereocenters. The zero-order chi connectivity index (χ0) is 11.9. The first-order chi connectivity index (χ1) is 8.27. The molecule has 1 aliphatic heterocycles. The van der Waals surface area contributed by atoms with Crippen molar-refractivity contribution >= 4 is 5.91 Å². The highest BCUT2D eigenvalue weighted by Gasteiger charge is 2.52. The normalized spacial score (nSPS) is 35.2. The van der Waals surface area contributed by atoms with Crippen molar-refractivity contribution in [3.63, 3.8) is 0 Å². The van der Waals surface area contributed by atoms with Crippen LogP contribution in [0.5, 0.6) is 0 Å². The lowest BCUT2D eigenvalue weighted by Gasteiger charge is -2.45. The van der Waals surface area contributed by atoms with Crippen LogP contribution in [0, 0.1) is 11.3 Å². The van der Waals surface area contributed by atoms with E-state index >= 15 is 0 Å². The van der Waals surface area contributed by atoms with Crippen LogP contribution < -0.4 is 5.73 Å². The molecule has 0 bridgehead atoms. The molecular weight excluding hydrogens is 212 g/mol. The number of carbonyl (C=O) groups excluding carboxylic acids is 1. The third-order valence-electron chi connectivity index (χ3n) is 5.20. The van der Waals surface area contributed by atoms with Gasteiger partial charge in [0.1, 0.15) is 0 Å². The zero-order valence-corrected chi connectivity index (χ0v) is 10.7. The molecule has 0 aromatic heterocycles. The van der Waals surface area contributed by atoms with Gasteiger partial charge in [-0.05, 0) is 44.4 Å². The highest BCUT2D eigenvalue weighted by atomic mass is 16.2. The molecule has 17 heavy (non-hydrogen) atoms. The number of fused-ring (bicyclic) bond motifs is 1. The van der Waals surface area contributed by atoms with Crippen LogP contribution in [0.3, 0.4) is 0 Å². The van der Waals surface area contributed by atoms with E-state index in [1.165, 1.54) is 38.5 Å². The summed E-state index contributed by atoms with van der Waals surface area (Å²) in [5, 5.41) is 0. The summed E-state index contributed by atoms with van der Waals surface area (Å²) >= 11 is 0. The predicted octanol–water partition coefficient (Wildman–Crippen LogP) is 1.91. The molecule has 3 heteroatoms. The van der Waals surface area contributed by atoms with Crippen LogP contribution in [0.4, 0.5) is 0 Å². The molecule has 96 valence electrons. The maximum Gasteiger partial charge on any atom is 0.230 e. The molecule has 2 N–H and O–H groups in total. The van der Waals surface area contributed by atoms with Gasteiger partial charge in [-0.1, -0.05) is 12.8 Å². The summed E-state index contributed by atoms with van der Waals surface area (Å²) in [5.74, 6) is 1.17. The van der Waals surface area contributed by atoms with Gasteiger partial charge in [-0.3, -0.25) is 4.79 Å². The third kappa shape index (κ3) is 1.88. The number of carbonyl (C=O) groups is 1. The number of likely N-dealkylation sites (tertiary alicyclic amines) is 1. The summed E-state index contributed by atoms with van der Waals surface area (Å²) in [6.45, 7) is 1.54. The van der Waals surface area contributed by atoms with Gasteiger partial charge in [0.2, 0.25) is 5.91 Å². The fraction of sp³-hybridized carbons (Fsp3) is 0.929. The average molecular weight is 236 g/mol. The summed E-state index contributed by atoms with van der Waals surface area (Å²) in [7, 11) is 0. The molecule has 0 spiro atoms. The molecule has 3 fully saturated rings. The maximum atomic E-state index is 12.6. The molecule has 3 rings (SSSR count). The van der Waals surface area contributed by atoms with Gasteiger partial charge in [-0.25, -0.2) is 0 Å². The smallest absolute Gasteiger partial charge is 0.230 e. The maximum absolute atomic E-state index is 12.6. The first-order valence-electron chi connectivity index (χ1n) is 7.28. The second-order valence-corrected chi connectivity index (χ2v) is 6.24. The van der Waals surface area contributed by atoms with Crippen molar-refractivity contribution in [3.8, 4) is 0 Å². The summed E-state index contributed by atoms with van der Waals surface area (Å²) in [4.78, 5) is 14.8. The van der Waals surface area contributed by atoms with Crippen LogP contribution >= 0.6 is 0 Å². The lowest BCUT2D eigenvalue weighted by molar-refractivity contribution is -0.143. The van der Waals surface area contributed by atoms with Gasteiger partial charge in [0, 0.05) is 19.1 Å². The summed E-state index contributed by atoms with van der Waals surface area (Å²) in [6.07, 6.45) is 9.83. The molecule has 2 unspecified atom stereocenters. The van der Waals surface area contributed by atoms with E-state index in [9.17, 15) is 4.79 Å².